The maximum absolute atomic E-state index is 12.1. The van der Waals surface area contributed by atoms with Crippen LogP contribution in [0.25, 0.3) is 4.91 Å². The third-order valence-electron chi connectivity index (χ3n) is 3.94. The first kappa shape index (κ1) is 16.4. The van der Waals surface area contributed by atoms with Gasteiger partial charge in [-0.15, -0.1) is 0 Å². The van der Waals surface area contributed by atoms with Crippen LogP contribution in [0.3, 0.4) is 0 Å². The number of nitrogens with zero attached hydrogens (tertiary/aromatic N) is 1. The Balaban J connectivity index is 1.95. The number of fused-ring (bicyclic) bond motifs is 1. The van der Waals surface area contributed by atoms with E-state index in [4.69, 9.17) is 5.11 Å². The third-order valence-corrected chi connectivity index (χ3v) is 6.32. The van der Waals surface area contributed by atoms with Gasteiger partial charge in [0.25, 0.3) is 0 Å². The summed E-state index contributed by atoms with van der Waals surface area (Å²) in [4.78, 5) is 26.2. The van der Waals surface area contributed by atoms with Crippen molar-refractivity contribution in [3.63, 3.8) is 0 Å². The lowest BCUT2D eigenvalue weighted by molar-refractivity contribution is -0.152. The average molecular weight is 353 g/mol. The molecule has 0 radical (unpaired) electrons. The van der Waals surface area contributed by atoms with Crippen molar-refractivity contribution in [1.29, 1.82) is 0 Å². The molecular weight excluding hydrogens is 338 g/mol. The number of β-lactam (4-membered cyclic amide) rings is 1. The van der Waals surface area contributed by atoms with Gasteiger partial charge >= 0.3 is 5.97 Å². The van der Waals surface area contributed by atoms with E-state index in [1.54, 1.807) is 30.5 Å². The molecule has 2 heterocycles. The Hall–Kier alpha value is -1.48. The number of carboxylic acids is 1. The van der Waals surface area contributed by atoms with Gasteiger partial charge in [-0.2, -0.15) is 0 Å². The SMILES string of the molecule is C[S+]([O-])c1ccc(C2=C(C(=O)O)N3C(=O)[C@H](CCO)[C@H]3S2)cc1. The molecule has 2 N–H and O–H groups in total. The highest BCUT2D eigenvalue weighted by Gasteiger charge is 2.55. The number of carbonyl (C=O) groups excluding carboxylic acids is 1. The maximum Gasteiger partial charge on any atom is 0.353 e. The number of aliphatic hydroxyl groups excluding tert-OH is 1. The van der Waals surface area contributed by atoms with Gasteiger partial charge in [0, 0.05) is 11.5 Å². The van der Waals surface area contributed by atoms with E-state index < -0.39 is 17.1 Å². The maximum atomic E-state index is 12.1. The Bertz CT molecular complexity index is 686. The predicted molar refractivity (Wildman–Crippen MR) is 86.7 cm³/mol. The van der Waals surface area contributed by atoms with Crippen molar-refractivity contribution in [2.24, 2.45) is 5.92 Å². The lowest BCUT2D eigenvalue weighted by Crippen LogP contribution is -2.57. The van der Waals surface area contributed by atoms with E-state index in [-0.39, 0.29) is 29.5 Å². The number of carbonyl (C=O) groups is 2. The Kier molecular flexibility index (Phi) is 4.41. The lowest BCUT2D eigenvalue weighted by Gasteiger charge is -2.42. The van der Waals surface area contributed by atoms with Crippen LogP contribution in [-0.4, -0.2) is 49.8 Å². The Labute approximate surface area is 140 Å². The monoisotopic (exact) mass is 353 g/mol. The summed E-state index contributed by atoms with van der Waals surface area (Å²) in [5.41, 5.74) is 0.677. The number of amides is 1. The Morgan fingerprint density at radius 2 is 2.04 bits per heavy atom. The van der Waals surface area contributed by atoms with E-state index in [0.29, 0.717) is 21.8 Å². The predicted octanol–water partition coefficient (Wildman–Crippen LogP) is 1.09. The molecule has 2 aliphatic rings. The second-order valence-corrected chi connectivity index (χ2v) is 7.80. The number of carboxylic acid groups (broad SMARTS) is 1. The zero-order chi connectivity index (χ0) is 16.7. The summed E-state index contributed by atoms with van der Waals surface area (Å²) in [7, 11) is 0. The van der Waals surface area contributed by atoms with Crippen LogP contribution in [0.15, 0.2) is 34.9 Å². The van der Waals surface area contributed by atoms with Crippen LogP contribution in [0.1, 0.15) is 12.0 Å². The second-order valence-electron chi connectivity index (χ2n) is 5.30. The highest BCUT2D eigenvalue weighted by atomic mass is 32.2. The van der Waals surface area contributed by atoms with Crippen LogP contribution in [0.5, 0.6) is 0 Å². The number of benzene rings is 1. The summed E-state index contributed by atoms with van der Waals surface area (Å²) in [6.45, 7) is -0.101. The first-order chi connectivity index (χ1) is 11.0. The fourth-order valence-corrected chi connectivity index (χ4v) is 4.85. The minimum atomic E-state index is -1.14. The van der Waals surface area contributed by atoms with Gasteiger partial charge < -0.3 is 14.8 Å². The van der Waals surface area contributed by atoms with E-state index in [1.165, 1.54) is 16.7 Å². The fourth-order valence-electron chi connectivity index (χ4n) is 2.79. The molecule has 3 atom stereocenters. The fraction of sp³-hybridized carbons (Fsp3) is 0.333. The van der Waals surface area contributed by atoms with E-state index in [9.17, 15) is 19.2 Å². The number of hydrogen-bond acceptors (Lipinski definition) is 5. The molecule has 122 valence electrons. The third kappa shape index (κ3) is 2.65. The molecular formula is C15H15NO5S2. The minimum Gasteiger partial charge on any atom is -0.612 e. The van der Waals surface area contributed by atoms with Crippen molar-refractivity contribution in [2.45, 2.75) is 16.7 Å². The summed E-state index contributed by atoms with van der Waals surface area (Å²) in [5, 5.41) is 18.3. The minimum absolute atomic E-state index is 0.00967. The van der Waals surface area contributed by atoms with Gasteiger partial charge in [-0.1, -0.05) is 11.8 Å². The lowest BCUT2D eigenvalue weighted by atomic mass is 9.94. The standard InChI is InChI=1S/C15H15NO5S2/c1-23(21)9-4-2-8(3-5-9)12-11(15(19)20)16-13(18)10(6-7-17)14(16)22-12/h2-5,10,14,17H,6-7H2,1H3,(H,19,20)/t10-,14+,23?/m0/s1. The van der Waals surface area contributed by atoms with E-state index >= 15 is 0 Å². The molecule has 1 amide bonds. The van der Waals surface area contributed by atoms with Gasteiger partial charge in [0.15, 0.2) is 4.90 Å². The molecule has 2 aliphatic heterocycles. The average Bonchev–Trinajstić information content (AvgIpc) is 2.89. The largest absolute Gasteiger partial charge is 0.612 e. The molecule has 1 unspecified atom stereocenters. The van der Waals surface area contributed by atoms with Crippen molar-refractivity contribution in [1.82, 2.24) is 4.90 Å². The van der Waals surface area contributed by atoms with Crippen LogP contribution in [-0.2, 0) is 20.8 Å². The quantitative estimate of drug-likeness (QED) is 0.607. The summed E-state index contributed by atoms with van der Waals surface area (Å²) in [6.07, 6.45) is 1.91. The van der Waals surface area contributed by atoms with Crippen molar-refractivity contribution in [2.75, 3.05) is 12.9 Å². The van der Waals surface area contributed by atoms with Crippen LogP contribution < -0.4 is 0 Å². The van der Waals surface area contributed by atoms with E-state index in [2.05, 4.69) is 0 Å². The van der Waals surface area contributed by atoms with Crippen LogP contribution in [0, 0.1) is 5.92 Å². The van der Waals surface area contributed by atoms with Crippen LogP contribution >= 0.6 is 11.8 Å². The van der Waals surface area contributed by atoms with Gasteiger partial charge in [-0.3, -0.25) is 9.69 Å². The van der Waals surface area contributed by atoms with Crippen molar-refractivity contribution in [3.8, 4) is 0 Å². The first-order valence-corrected chi connectivity index (χ1v) is 9.41. The van der Waals surface area contributed by atoms with Crippen molar-refractivity contribution < 1.29 is 24.4 Å². The second kappa shape index (κ2) is 6.20. The number of aliphatic hydroxyl groups is 1. The molecule has 0 aromatic heterocycles. The van der Waals surface area contributed by atoms with Crippen molar-refractivity contribution >= 4 is 39.7 Å². The molecule has 0 aliphatic carbocycles. The molecule has 0 spiro atoms. The zero-order valence-corrected chi connectivity index (χ0v) is 13.9. The topological polar surface area (TPSA) is 101 Å². The molecule has 1 aromatic rings. The summed E-state index contributed by atoms with van der Waals surface area (Å²) >= 11 is 0.229. The van der Waals surface area contributed by atoms with Crippen LogP contribution in [0.4, 0.5) is 0 Å². The molecule has 0 saturated carbocycles. The highest BCUT2D eigenvalue weighted by molar-refractivity contribution is 8.09. The zero-order valence-electron chi connectivity index (χ0n) is 12.3. The molecule has 6 nitrogen and oxygen atoms in total. The molecule has 8 heteroatoms. The molecule has 0 bridgehead atoms. The van der Waals surface area contributed by atoms with Gasteiger partial charge in [-0.05, 0) is 47.4 Å². The number of hydrogen-bond donors (Lipinski definition) is 2. The van der Waals surface area contributed by atoms with Gasteiger partial charge in [-0.25, -0.2) is 4.79 Å². The summed E-state index contributed by atoms with van der Waals surface area (Å²) in [5.74, 6) is -1.75. The van der Waals surface area contributed by atoms with Gasteiger partial charge in [0.2, 0.25) is 5.91 Å². The number of rotatable bonds is 5. The Morgan fingerprint density at radius 1 is 1.39 bits per heavy atom. The number of thioether (sulfide) groups is 1. The summed E-state index contributed by atoms with van der Waals surface area (Å²) in [6, 6.07) is 6.83. The summed E-state index contributed by atoms with van der Waals surface area (Å²) < 4.78 is 11.4. The van der Waals surface area contributed by atoms with E-state index in [1.807, 2.05) is 0 Å². The first-order valence-electron chi connectivity index (χ1n) is 6.97. The highest BCUT2D eigenvalue weighted by Crippen LogP contribution is 2.53. The molecule has 23 heavy (non-hydrogen) atoms. The van der Waals surface area contributed by atoms with Crippen LogP contribution in [0.2, 0.25) is 0 Å². The molecule has 3 rings (SSSR count). The number of aliphatic carboxylic acids is 1. The van der Waals surface area contributed by atoms with Crippen molar-refractivity contribution in [3.05, 3.63) is 35.5 Å². The molecule has 1 aromatic carbocycles. The molecule has 1 saturated heterocycles. The smallest absolute Gasteiger partial charge is 0.353 e. The molecule has 1 fully saturated rings. The van der Waals surface area contributed by atoms with Gasteiger partial charge in [0.1, 0.15) is 12.0 Å². The normalized spacial score (nSPS) is 24.5. The van der Waals surface area contributed by atoms with E-state index in [0.717, 1.165) is 0 Å². The Morgan fingerprint density at radius 3 is 2.57 bits per heavy atom. The van der Waals surface area contributed by atoms with Gasteiger partial charge in [0.05, 0.1) is 11.3 Å².